The molecule has 4 nitrogen and oxygen atoms in total. The molecule has 0 amide bonds. The molecule has 0 aliphatic heterocycles. The van der Waals surface area contributed by atoms with Crippen molar-refractivity contribution in [2.75, 3.05) is 5.32 Å². The Balaban J connectivity index is 2.67. The third-order valence-corrected chi connectivity index (χ3v) is 1.68. The van der Waals surface area contributed by atoms with Crippen LogP contribution in [0.4, 0.5) is 5.69 Å². The first-order valence-corrected chi connectivity index (χ1v) is 3.49. The highest BCUT2D eigenvalue weighted by Gasteiger charge is 1.99. The number of aromatic amines is 1. The van der Waals surface area contributed by atoms with Crippen LogP contribution in [0.25, 0.3) is 10.9 Å². The summed E-state index contributed by atoms with van der Waals surface area (Å²) in [7, 11) is 0. The fraction of sp³-hybridized carbons (Fsp3) is 0. The van der Waals surface area contributed by atoms with Gasteiger partial charge in [0.05, 0.1) is 17.4 Å². The van der Waals surface area contributed by atoms with Gasteiger partial charge in [-0.3, -0.25) is 10.4 Å². The number of rotatable bonds is 1. The van der Waals surface area contributed by atoms with E-state index in [2.05, 4.69) is 15.5 Å². The molecule has 0 spiro atoms. The topological polar surface area (TPSA) is 64.5 Å². The van der Waals surface area contributed by atoms with Gasteiger partial charge >= 0.3 is 0 Å². The second-order valence-corrected chi connectivity index (χ2v) is 2.37. The van der Waals surface area contributed by atoms with E-state index in [1.54, 1.807) is 6.20 Å². The number of hydrogen-bond donors (Lipinski definition) is 2. The van der Waals surface area contributed by atoms with Crippen LogP contribution in [0.5, 0.6) is 0 Å². The molecular weight excluding hydrogens is 152 g/mol. The molecule has 0 aliphatic carbocycles. The van der Waals surface area contributed by atoms with Gasteiger partial charge in [-0.1, -0.05) is 6.07 Å². The van der Waals surface area contributed by atoms with Gasteiger partial charge in [0, 0.05) is 5.39 Å². The van der Waals surface area contributed by atoms with Crippen molar-refractivity contribution in [3.63, 3.8) is 0 Å². The summed E-state index contributed by atoms with van der Waals surface area (Å²) >= 11 is 0. The number of anilines is 1. The number of aromatic nitrogens is 2. The molecule has 4 heteroatoms. The first-order chi connectivity index (χ1) is 5.92. The van der Waals surface area contributed by atoms with Gasteiger partial charge in [0.1, 0.15) is 0 Å². The lowest BCUT2D eigenvalue weighted by Gasteiger charge is -1.96. The first-order valence-electron chi connectivity index (χ1n) is 3.49. The molecule has 58 valence electrons. The average molecular weight is 158 g/mol. The zero-order valence-electron chi connectivity index (χ0n) is 6.20. The standard InChI is InChI=1S/C8H6N4/c9-5-10-7-2-1-3-8-6(7)4-11-12-8/h1-4,10H,(H,11,12). The van der Waals surface area contributed by atoms with Crippen molar-refractivity contribution < 1.29 is 0 Å². The summed E-state index contributed by atoms with van der Waals surface area (Å²) in [6.45, 7) is 0. The second-order valence-electron chi connectivity index (χ2n) is 2.37. The fourth-order valence-corrected chi connectivity index (χ4v) is 1.14. The van der Waals surface area contributed by atoms with Gasteiger partial charge in [-0.05, 0) is 12.1 Å². The minimum atomic E-state index is 0.781. The van der Waals surface area contributed by atoms with Crippen LogP contribution in [0, 0.1) is 11.5 Å². The Labute approximate surface area is 68.8 Å². The second kappa shape index (κ2) is 2.55. The van der Waals surface area contributed by atoms with Crippen molar-refractivity contribution in [1.82, 2.24) is 10.2 Å². The fourth-order valence-electron chi connectivity index (χ4n) is 1.14. The number of nitriles is 1. The van der Waals surface area contributed by atoms with Crippen molar-refractivity contribution >= 4 is 16.6 Å². The molecule has 12 heavy (non-hydrogen) atoms. The predicted octanol–water partition coefficient (Wildman–Crippen LogP) is 1.46. The van der Waals surface area contributed by atoms with Gasteiger partial charge in [0.15, 0.2) is 6.19 Å². The molecule has 0 fully saturated rings. The van der Waals surface area contributed by atoms with Gasteiger partial charge in [-0.2, -0.15) is 10.4 Å². The maximum absolute atomic E-state index is 8.42. The van der Waals surface area contributed by atoms with Gasteiger partial charge in [-0.15, -0.1) is 0 Å². The smallest absolute Gasteiger partial charge is 0.181 e. The van der Waals surface area contributed by atoms with Crippen molar-refractivity contribution in [3.05, 3.63) is 24.4 Å². The molecule has 2 aromatic rings. The summed E-state index contributed by atoms with van der Waals surface area (Å²) in [4.78, 5) is 0. The van der Waals surface area contributed by atoms with E-state index in [9.17, 15) is 0 Å². The van der Waals surface area contributed by atoms with Crippen LogP contribution in [0.15, 0.2) is 24.4 Å². The number of benzene rings is 1. The minimum Gasteiger partial charge on any atom is -0.292 e. The highest BCUT2D eigenvalue weighted by Crippen LogP contribution is 2.20. The zero-order valence-corrected chi connectivity index (χ0v) is 6.20. The van der Waals surface area contributed by atoms with Gasteiger partial charge in [0.25, 0.3) is 0 Å². The first kappa shape index (κ1) is 6.68. The minimum absolute atomic E-state index is 0.781. The van der Waals surface area contributed by atoms with Crippen LogP contribution in [0.1, 0.15) is 0 Å². The summed E-state index contributed by atoms with van der Waals surface area (Å²) < 4.78 is 0. The monoisotopic (exact) mass is 158 g/mol. The molecule has 0 unspecified atom stereocenters. The number of fused-ring (bicyclic) bond motifs is 1. The SMILES string of the molecule is N#CNc1cccc2[nH]ncc12. The Hall–Kier alpha value is -2.02. The highest BCUT2D eigenvalue weighted by molar-refractivity contribution is 5.91. The lowest BCUT2D eigenvalue weighted by Crippen LogP contribution is -1.86. The van der Waals surface area contributed by atoms with E-state index in [0.29, 0.717) is 0 Å². The average Bonchev–Trinajstić information content (AvgIpc) is 2.53. The molecular formula is C8H6N4. The molecule has 1 aromatic carbocycles. The number of hydrogen-bond acceptors (Lipinski definition) is 3. The molecule has 0 radical (unpaired) electrons. The highest BCUT2D eigenvalue weighted by atomic mass is 15.1. The van der Waals surface area contributed by atoms with E-state index >= 15 is 0 Å². The molecule has 0 saturated carbocycles. The number of H-pyrrole nitrogens is 1. The molecule has 2 N–H and O–H groups in total. The summed E-state index contributed by atoms with van der Waals surface area (Å²) in [5.41, 5.74) is 1.71. The van der Waals surface area contributed by atoms with Crippen molar-refractivity contribution in [2.24, 2.45) is 0 Å². The summed E-state index contributed by atoms with van der Waals surface area (Å²) in [5.74, 6) is 0. The Morgan fingerprint density at radius 3 is 3.25 bits per heavy atom. The maximum Gasteiger partial charge on any atom is 0.181 e. The Kier molecular flexibility index (Phi) is 1.42. The van der Waals surface area contributed by atoms with E-state index in [1.165, 1.54) is 0 Å². The van der Waals surface area contributed by atoms with Crippen molar-refractivity contribution in [1.29, 1.82) is 5.26 Å². The lowest BCUT2D eigenvalue weighted by atomic mass is 10.2. The van der Waals surface area contributed by atoms with Crippen LogP contribution in [-0.2, 0) is 0 Å². The molecule has 0 aliphatic rings. The third kappa shape index (κ3) is 0.883. The van der Waals surface area contributed by atoms with Crippen LogP contribution in [0.2, 0.25) is 0 Å². The molecule has 2 rings (SSSR count). The quantitative estimate of drug-likeness (QED) is 0.487. The van der Waals surface area contributed by atoms with Gasteiger partial charge in [-0.25, -0.2) is 0 Å². The van der Waals surface area contributed by atoms with E-state index in [-0.39, 0.29) is 0 Å². The molecule has 1 heterocycles. The van der Waals surface area contributed by atoms with E-state index in [4.69, 9.17) is 5.26 Å². The van der Waals surface area contributed by atoms with Gasteiger partial charge < -0.3 is 0 Å². The van der Waals surface area contributed by atoms with E-state index < -0.39 is 0 Å². The summed E-state index contributed by atoms with van der Waals surface area (Å²) in [6.07, 6.45) is 3.56. The summed E-state index contributed by atoms with van der Waals surface area (Å²) in [6, 6.07) is 5.60. The molecule has 0 bridgehead atoms. The molecule has 0 atom stereocenters. The van der Waals surface area contributed by atoms with Crippen LogP contribution >= 0.6 is 0 Å². The Bertz CT molecular complexity index is 437. The van der Waals surface area contributed by atoms with Crippen molar-refractivity contribution in [3.8, 4) is 6.19 Å². The normalized spacial score (nSPS) is 9.58. The largest absolute Gasteiger partial charge is 0.292 e. The number of nitrogens with zero attached hydrogens (tertiary/aromatic N) is 2. The summed E-state index contributed by atoms with van der Waals surface area (Å²) in [5, 5.41) is 18.6. The number of nitrogens with one attached hydrogen (secondary N) is 2. The predicted molar refractivity (Wildman–Crippen MR) is 45.3 cm³/mol. The Morgan fingerprint density at radius 1 is 1.50 bits per heavy atom. The zero-order chi connectivity index (χ0) is 8.39. The third-order valence-electron chi connectivity index (χ3n) is 1.68. The van der Waals surface area contributed by atoms with Crippen molar-refractivity contribution in [2.45, 2.75) is 0 Å². The van der Waals surface area contributed by atoms with E-state index in [0.717, 1.165) is 16.6 Å². The molecule has 0 saturated heterocycles. The maximum atomic E-state index is 8.42. The lowest BCUT2D eigenvalue weighted by molar-refractivity contribution is 1.12. The van der Waals surface area contributed by atoms with Crippen LogP contribution in [0.3, 0.4) is 0 Å². The van der Waals surface area contributed by atoms with Crippen LogP contribution in [-0.4, -0.2) is 10.2 Å². The Morgan fingerprint density at radius 2 is 2.42 bits per heavy atom. The van der Waals surface area contributed by atoms with Crippen LogP contribution < -0.4 is 5.32 Å². The van der Waals surface area contributed by atoms with E-state index in [1.807, 2.05) is 24.4 Å². The van der Waals surface area contributed by atoms with Gasteiger partial charge in [0.2, 0.25) is 0 Å². The molecule has 1 aromatic heterocycles.